The summed E-state index contributed by atoms with van der Waals surface area (Å²) < 4.78 is 27.2. The van der Waals surface area contributed by atoms with Gasteiger partial charge in [0, 0.05) is 32.2 Å². The Morgan fingerprint density at radius 3 is 2.71 bits per heavy atom. The van der Waals surface area contributed by atoms with E-state index in [2.05, 4.69) is 10.6 Å². The zero-order valence-electron chi connectivity index (χ0n) is 13.7. The van der Waals surface area contributed by atoms with Crippen molar-refractivity contribution in [3.05, 3.63) is 29.8 Å². The van der Waals surface area contributed by atoms with Crippen molar-refractivity contribution in [2.24, 2.45) is 0 Å². The number of carbonyl (C=O) groups excluding carboxylic acids is 1. The van der Waals surface area contributed by atoms with Crippen molar-refractivity contribution in [1.82, 2.24) is 15.5 Å². The van der Waals surface area contributed by atoms with E-state index in [1.807, 2.05) is 0 Å². The van der Waals surface area contributed by atoms with Crippen LogP contribution in [0.2, 0.25) is 0 Å². The molecule has 7 heteroatoms. The molecule has 5 nitrogen and oxygen atoms in total. The van der Waals surface area contributed by atoms with Crippen molar-refractivity contribution in [1.29, 1.82) is 0 Å². The lowest BCUT2D eigenvalue weighted by Gasteiger charge is -2.36. The third kappa shape index (κ3) is 3.95. The fraction of sp³-hybridized carbons (Fsp3) is 0.588. The molecule has 24 heavy (non-hydrogen) atoms. The molecule has 0 radical (unpaired) electrons. The molecule has 2 aliphatic rings. The lowest BCUT2D eigenvalue weighted by atomic mass is 10.1. The van der Waals surface area contributed by atoms with Gasteiger partial charge in [-0.25, -0.2) is 13.6 Å². The van der Waals surface area contributed by atoms with Gasteiger partial charge in [-0.15, -0.1) is 0 Å². The minimum Gasteiger partial charge on any atom is -0.366 e. The van der Waals surface area contributed by atoms with E-state index in [1.54, 1.807) is 15.9 Å². The van der Waals surface area contributed by atoms with Crippen LogP contribution in [0.5, 0.6) is 0 Å². The molecule has 0 spiro atoms. The first-order valence-corrected chi connectivity index (χ1v) is 8.60. The van der Waals surface area contributed by atoms with Crippen molar-refractivity contribution in [3.8, 4) is 0 Å². The number of amides is 2. The lowest BCUT2D eigenvalue weighted by Crippen LogP contribution is -2.53. The Morgan fingerprint density at radius 2 is 1.92 bits per heavy atom. The van der Waals surface area contributed by atoms with Gasteiger partial charge < -0.3 is 20.4 Å². The molecule has 2 saturated heterocycles. The molecule has 1 unspecified atom stereocenters. The quantitative estimate of drug-likeness (QED) is 0.866. The van der Waals surface area contributed by atoms with Crippen LogP contribution in [0.15, 0.2) is 18.2 Å². The van der Waals surface area contributed by atoms with E-state index in [0.717, 1.165) is 38.4 Å². The van der Waals surface area contributed by atoms with Crippen molar-refractivity contribution in [2.75, 3.05) is 44.2 Å². The van der Waals surface area contributed by atoms with Gasteiger partial charge in [0.1, 0.15) is 0 Å². The second-order valence-electron chi connectivity index (χ2n) is 6.37. The second-order valence-corrected chi connectivity index (χ2v) is 6.37. The summed E-state index contributed by atoms with van der Waals surface area (Å²) in [5, 5.41) is 6.42. The maximum absolute atomic E-state index is 13.9. The van der Waals surface area contributed by atoms with Gasteiger partial charge in [0.05, 0.1) is 5.69 Å². The molecule has 3 rings (SSSR count). The molecule has 1 aromatic rings. The summed E-state index contributed by atoms with van der Waals surface area (Å²) in [6.07, 6.45) is 3.00. The van der Waals surface area contributed by atoms with Gasteiger partial charge in [-0.1, -0.05) is 6.07 Å². The van der Waals surface area contributed by atoms with Gasteiger partial charge in [0.25, 0.3) is 0 Å². The molecule has 2 N–H and O–H groups in total. The van der Waals surface area contributed by atoms with Crippen LogP contribution in [0.1, 0.15) is 19.3 Å². The summed E-state index contributed by atoms with van der Waals surface area (Å²) >= 11 is 0. The number of halogens is 2. The number of benzene rings is 1. The Balaban J connectivity index is 1.52. The smallest absolute Gasteiger partial charge is 0.317 e. The first-order valence-electron chi connectivity index (χ1n) is 8.60. The van der Waals surface area contributed by atoms with Crippen molar-refractivity contribution in [3.63, 3.8) is 0 Å². The van der Waals surface area contributed by atoms with Crippen LogP contribution in [0, 0.1) is 11.6 Å². The average Bonchev–Trinajstić information content (AvgIpc) is 2.86. The Morgan fingerprint density at radius 1 is 1.12 bits per heavy atom. The molecule has 0 aliphatic carbocycles. The highest BCUT2D eigenvalue weighted by Crippen LogP contribution is 2.22. The van der Waals surface area contributed by atoms with E-state index in [4.69, 9.17) is 0 Å². The lowest BCUT2D eigenvalue weighted by molar-refractivity contribution is 0.189. The van der Waals surface area contributed by atoms with E-state index in [0.29, 0.717) is 26.2 Å². The first kappa shape index (κ1) is 17.0. The SMILES string of the molecule is O=C(NC1CCCNCC1)N1CCN(c2cccc(F)c2F)CC1. The number of urea groups is 1. The molecule has 1 atom stereocenters. The van der Waals surface area contributed by atoms with Crippen LogP contribution in [0.25, 0.3) is 0 Å². The second kappa shape index (κ2) is 7.79. The Bertz CT molecular complexity index is 568. The number of hydrogen-bond donors (Lipinski definition) is 2. The molecule has 2 amide bonds. The Kier molecular flexibility index (Phi) is 5.50. The third-order valence-corrected chi connectivity index (χ3v) is 4.74. The van der Waals surface area contributed by atoms with Crippen molar-refractivity contribution < 1.29 is 13.6 Å². The standard InChI is InChI=1S/C17H24F2N4O/c18-14-4-1-5-15(16(14)19)22-9-11-23(12-10-22)17(24)21-13-3-2-7-20-8-6-13/h1,4-5,13,20H,2-3,6-12H2,(H,21,24). The van der Waals surface area contributed by atoms with Crippen LogP contribution in [0.3, 0.4) is 0 Å². The zero-order valence-corrected chi connectivity index (χ0v) is 13.7. The summed E-state index contributed by atoms with van der Waals surface area (Å²) in [6.45, 7) is 3.95. The van der Waals surface area contributed by atoms with Crippen LogP contribution >= 0.6 is 0 Å². The normalized spacial score (nSPS) is 22.2. The molecule has 2 heterocycles. The van der Waals surface area contributed by atoms with Crippen LogP contribution in [-0.2, 0) is 0 Å². The minimum atomic E-state index is -0.838. The fourth-order valence-corrected chi connectivity index (χ4v) is 3.32. The minimum absolute atomic E-state index is 0.0544. The fourth-order valence-electron chi connectivity index (χ4n) is 3.32. The topological polar surface area (TPSA) is 47.6 Å². The predicted molar refractivity (Wildman–Crippen MR) is 89.2 cm³/mol. The highest BCUT2D eigenvalue weighted by Gasteiger charge is 2.25. The predicted octanol–water partition coefficient (Wildman–Crippen LogP) is 1.94. The van der Waals surface area contributed by atoms with Gasteiger partial charge in [0.15, 0.2) is 11.6 Å². The van der Waals surface area contributed by atoms with Crippen LogP contribution in [0.4, 0.5) is 19.3 Å². The van der Waals surface area contributed by atoms with Gasteiger partial charge >= 0.3 is 6.03 Å². The van der Waals surface area contributed by atoms with Crippen LogP contribution < -0.4 is 15.5 Å². The van der Waals surface area contributed by atoms with E-state index in [1.165, 1.54) is 6.07 Å². The molecular weight excluding hydrogens is 314 g/mol. The Hall–Kier alpha value is -1.89. The van der Waals surface area contributed by atoms with E-state index < -0.39 is 11.6 Å². The summed E-state index contributed by atoms with van der Waals surface area (Å²) in [7, 11) is 0. The maximum atomic E-state index is 13.9. The molecule has 2 fully saturated rings. The van der Waals surface area contributed by atoms with E-state index >= 15 is 0 Å². The third-order valence-electron chi connectivity index (χ3n) is 4.74. The van der Waals surface area contributed by atoms with Crippen LogP contribution in [-0.4, -0.2) is 56.2 Å². The zero-order chi connectivity index (χ0) is 16.9. The average molecular weight is 338 g/mol. The number of piperazine rings is 1. The summed E-state index contributed by atoms with van der Waals surface area (Å²) in [6, 6.07) is 4.36. The van der Waals surface area contributed by atoms with Crippen molar-refractivity contribution in [2.45, 2.75) is 25.3 Å². The summed E-state index contributed by atoms with van der Waals surface area (Å²) in [5.74, 6) is -1.66. The highest BCUT2D eigenvalue weighted by molar-refractivity contribution is 5.75. The van der Waals surface area contributed by atoms with Gasteiger partial charge in [0.2, 0.25) is 0 Å². The number of carbonyl (C=O) groups is 1. The van der Waals surface area contributed by atoms with Gasteiger partial charge in [-0.3, -0.25) is 0 Å². The van der Waals surface area contributed by atoms with Gasteiger partial charge in [-0.2, -0.15) is 0 Å². The number of anilines is 1. The number of nitrogens with one attached hydrogen (secondary N) is 2. The molecule has 0 aromatic heterocycles. The monoisotopic (exact) mass is 338 g/mol. The number of rotatable bonds is 2. The molecule has 0 bridgehead atoms. The molecule has 132 valence electrons. The molecule has 0 saturated carbocycles. The van der Waals surface area contributed by atoms with Gasteiger partial charge in [-0.05, 0) is 44.5 Å². The molecule has 1 aromatic carbocycles. The number of hydrogen-bond acceptors (Lipinski definition) is 3. The number of nitrogens with zero attached hydrogens (tertiary/aromatic N) is 2. The Labute approximate surface area is 141 Å². The van der Waals surface area contributed by atoms with E-state index in [9.17, 15) is 13.6 Å². The summed E-state index contributed by atoms with van der Waals surface area (Å²) in [4.78, 5) is 15.9. The maximum Gasteiger partial charge on any atom is 0.317 e. The first-order chi connectivity index (χ1) is 11.6. The molecular formula is C17H24F2N4O. The van der Waals surface area contributed by atoms with E-state index in [-0.39, 0.29) is 17.8 Å². The van der Waals surface area contributed by atoms with Crippen molar-refractivity contribution >= 4 is 11.7 Å². The summed E-state index contributed by atoms with van der Waals surface area (Å²) in [5.41, 5.74) is 0.268. The highest BCUT2D eigenvalue weighted by atomic mass is 19.2. The molecule has 2 aliphatic heterocycles. The largest absolute Gasteiger partial charge is 0.366 e.